The smallest absolute Gasteiger partial charge is 0.223 e. The Hall–Kier alpha value is -0.610. The highest BCUT2D eigenvalue weighted by Gasteiger charge is 2.55. The number of amides is 1. The van der Waals surface area contributed by atoms with Gasteiger partial charge in [-0.25, -0.2) is 0 Å². The topological polar surface area (TPSA) is 49.8 Å². The van der Waals surface area contributed by atoms with Crippen molar-refractivity contribution in [1.82, 2.24) is 4.90 Å². The van der Waals surface area contributed by atoms with Crippen molar-refractivity contribution in [2.24, 2.45) is 22.7 Å². The van der Waals surface area contributed by atoms with Crippen LogP contribution in [0.15, 0.2) is 0 Å². The van der Waals surface area contributed by atoms with Gasteiger partial charge in [0.05, 0.1) is 18.8 Å². The van der Waals surface area contributed by atoms with Crippen LogP contribution >= 0.6 is 0 Å². The van der Waals surface area contributed by atoms with Crippen molar-refractivity contribution in [1.29, 1.82) is 0 Å². The number of carbonyl (C=O) groups is 1. The van der Waals surface area contributed by atoms with E-state index >= 15 is 0 Å². The molecule has 4 atom stereocenters. The lowest BCUT2D eigenvalue weighted by Gasteiger charge is -2.59. The van der Waals surface area contributed by atoms with Gasteiger partial charge in [-0.15, -0.1) is 0 Å². The number of carbonyl (C=O) groups excluding carboxylic acids is 1. The van der Waals surface area contributed by atoms with Crippen molar-refractivity contribution < 1.29 is 14.6 Å². The zero-order valence-corrected chi connectivity index (χ0v) is 15.9. The largest absolute Gasteiger partial charge is 0.390 e. The highest BCUT2D eigenvalue weighted by atomic mass is 16.5. The third kappa shape index (κ3) is 3.37. The standard InChI is InChI=1S/C20H35NO3/c1-18(2)6-5-7-19(3)13-15(20(4,23)14-16(18)19)12-17(22)21-8-10-24-11-9-21/h15-16,23H,5-14H2,1-4H3/t15-,16-,19+,20-/m1/s1. The molecule has 0 aromatic heterocycles. The summed E-state index contributed by atoms with van der Waals surface area (Å²) in [6, 6.07) is 0. The maximum Gasteiger partial charge on any atom is 0.223 e. The van der Waals surface area contributed by atoms with Gasteiger partial charge in [0.1, 0.15) is 0 Å². The van der Waals surface area contributed by atoms with Gasteiger partial charge >= 0.3 is 0 Å². The summed E-state index contributed by atoms with van der Waals surface area (Å²) in [5.74, 6) is 0.812. The molecule has 4 nitrogen and oxygen atoms in total. The molecule has 1 aliphatic heterocycles. The van der Waals surface area contributed by atoms with Crippen LogP contribution in [0, 0.1) is 22.7 Å². The predicted molar refractivity (Wildman–Crippen MR) is 94.6 cm³/mol. The molecule has 3 fully saturated rings. The van der Waals surface area contributed by atoms with Gasteiger partial charge in [-0.2, -0.15) is 0 Å². The highest BCUT2D eigenvalue weighted by Crippen LogP contribution is 2.61. The van der Waals surface area contributed by atoms with Gasteiger partial charge in [0, 0.05) is 19.5 Å². The molecular formula is C20H35NO3. The van der Waals surface area contributed by atoms with Crippen LogP contribution in [-0.4, -0.2) is 47.8 Å². The number of morpholine rings is 1. The fourth-order valence-electron chi connectivity index (χ4n) is 5.81. The molecule has 0 aromatic carbocycles. The van der Waals surface area contributed by atoms with Crippen molar-refractivity contribution in [3.63, 3.8) is 0 Å². The Labute approximate surface area is 146 Å². The van der Waals surface area contributed by atoms with Crippen LogP contribution in [0.3, 0.4) is 0 Å². The molecule has 1 heterocycles. The quantitative estimate of drug-likeness (QED) is 0.841. The molecule has 4 heteroatoms. The first-order chi connectivity index (χ1) is 11.1. The fraction of sp³-hybridized carbons (Fsp3) is 0.950. The SMILES string of the molecule is CC1(C)CCC[C@@]2(C)C[C@@H](CC(=O)N3CCOCC3)[C@](C)(O)C[C@H]12. The zero-order valence-electron chi connectivity index (χ0n) is 15.9. The van der Waals surface area contributed by atoms with Crippen molar-refractivity contribution in [3.8, 4) is 0 Å². The van der Waals surface area contributed by atoms with Crippen LogP contribution in [0.4, 0.5) is 0 Å². The van der Waals surface area contributed by atoms with E-state index in [4.69, 9.17) is 4.74 Å². The van der Waals surface area contributed by atoms with Gasteiger partial charge in [0.2, 0.25) is 5.91 Å². The van der Waals surface area contributed by atoms with Gasteiger partial charge < -0.3 is 14.7 Å². The van der Waals surface area contributed by atoms with E-state index in [1.807, 2.05) is 11.8 Å². The molecule has 3 aliphatic rings. The van der Waals surface area contributed by atoms with E-state index in [2.05, 4.69) is 20.8 Å². The number of ether oxygens (including phenoxy) is 1. The number of fused-ring (bicyclic) bond motifs is 1. The maximum absolute atomic E-state index is 12.7. The van der Waals surface area contributed by atoms with Crippen LogP contribution in [0.5, 0.6) is 0 Å². The molecule has 3 rings (SSSR count). The molecule has 24 heavy (non-hydrogen) atoms. The first kappa shape index (κ1) is 18.2. The van der Waals surface area contributed by atoms with Crippen molar-refractivity contribution >= 4 is 5.91 Å². The van der Waals surface area contributed by atoms with Gasteiger partial charge in [-0.3, -0.25) is 4.79 Å². The Kier molecular flexibility index (Phi) is 4.76. The van der Waals surface area contributed by atoms with E-state index in [1.165, 1.54) is 19.3 Å². The van der Waals surface area contributed by atoms with E-state index < -0.39 is 5.60 Å². The third-order valence-corrected chi connectivity index (χ3v) is 7.35. The molecule has 1 saturated heterocycles. The lowest BCUT2D eigenvalue weighted by atomic mass is 9.47. The van der Waals surface area contributed by atoms with Crippen molar-refractivity contribution in [2.75, 3.05) is 26.3 Å². The van der Waals surface area contributed by atoms with E-state index in [0.717, 1.165) is 12.8 Å². The zero-order chi connectivity index (χ0) is 17.6. The summed E-state index contributed by atoms with van der Waals surface area (Å²) < 4.78 is 5.35. The highest BCUT2D eigenvalue weighted by molar-refractivity contribution is 5.76. The van der Waals surface area contributed by atoms with E-state index in [1.54, 1.807) is 0 Å². The molecule has 0 bridgehead atoms. The first-order valence-corrected chi connectivity index (χ1v) is 9.72. The summed E-state index contributed by atoms with van der Waals surface area (Å²) in [6.45, 7) is 11.8. The van der Waals surface area contributed by atoms with Crippen LogP contribution < -0.4 is 0 Å². The molecule has 138 valence electrons. The molecule has 0 spiro atoms. The monoisotopic (exact) mass is 337 g/mol. The lowest BCUT2D eigenvalue weighted by Crippen LogP contribution is -2.55. The van der Waals surface area contributed by atoms with Crippen LogP contribution in [-0.2, 0) is 9.53 Å². The minimum atomic E-state index is -0.735. The Morgan fingerprint density at radius 2 is 1.79 bits per heavy atom. The third-order valence-electron chi connectivity index (χ3n) is 7.35. The van der Waals surface area contributed by atoms with E-state index in [9.17, 15) is 9.90 Å². The Bertz CT molecular complexity index is 481. The summed E-state index contributed by atoms with van der Waals surface area (Å²) in [5, 5.41) is 11.2. The second kappa shape index (κ2) is 6.28. The summed E-state index contributed by atoms with van der Waals surface area (Å²) in [7, 11) is 0. The maximum atomic E-state index is 12.7. The Morgan fingerprint density at radius 1 is 1.12 bits per heavy atom. The summed E-state index contributed by atoms with van der Waals surface area (Å²) in [4.78, 5) is 14.6. The van der Waals surface area contributed by atoms with Crippen LogP contribution in [0.25, 0.3) is 0 Å². The minimum Gasteiger partial charge on any atom is -0.390 e. The Balaban J connectivity index is 1.73. The molecule has 0 aromatic rings. The van der Waals surface area contributed by atoms with Crippen LogP contribution in [0.1, 0.15) is 66.2 Å². The van der Waals surface area contributed by atoms with Gasteiger partial charge in [0.15, 0.2) is 0 Å². The molecule has 1 N–H and O–H groups in total. The number of aliphatic hydroxyl groups is 1. The molecule has 1 amide bonds. The van der Waals surface area contributed by atoms with E-state index in [0.29, 0.717) is 38.6 Å². The number of hydrogen-bond donors (Lipinski definition) is 1. The second-order valence-electron chi connectivity index (χ2n) is 9.71. The molecule has 0 radical (unpaired) electrons. The van der Waals surface area contributed by atoms with Gasteiger partial charge in [0.25, 0.3) is 0 Å². The average Bonchev–Trinajstić information content (AvgIpc) is 2.50. The fourth-order valence-corrected chi connectivity index (χ4v) is 5.81. The molecular weight excluding hydrogens is 302 g/mol. The normalized spacial score (nSPS) is 42.5. The molecule has 2 saturated carbocycles. The average molecular weight is 338 g/mol. The summed E-state index contributed by atoms with van der Waals surface area (Å²) in [6.07, 6.45) is 6.05. The van der Waals surface area contributed by atoms with Gasteiger partial charge in [-0.1, -0.05) is 27.2 Å². The second-order valence-corrected chi connectivity index (χ2v) is 9.71. The lowest BCUT2D eigenvalue weighted by molar-refractivity contribution is -0.160. The summed E-state index contributed by atoms with van der Waals surface area (Å²) in [5.41, 5.74) is -0.184. The summed E-state index contributed by atoms with van der Waals surface area (Å²) >= 11 is 0. The minimum absolute atomic E-state index is 0.0722. The number of rotatable bonds is 2. The number of nitrogens with zero attached hydrogens (tertiary/aromatic N) is 1. The van der Waals surface area contributed by atoms with Crippen LogP contribution in [0.2, 0.25) is 0 Å². The first-order valence-electron chi connectivity index (χ1n) is 9.72. The van der Waals surface area contributed by atoms with Crippen molar-refractivity contribution in [2.45, 2.75) is 71.8 Å². The van der Waals surface area contributed by atoms with E-state index in [-0.39, 0.29) is 22.7 Å². The molecule has 0 unspecified atom stereocenters. The Morgan fingerprint density at radius 3 is 2.46 bits per heavy atom. The van der Waals surface area contributed by atoms with Gasteiger partial charge in [-0.05, 0) is 55.3 Å². The predicted octanol–water partition coefficient (Wildman–Crippen LogP) is 3.23. The molecule has 2 aliphatic carbocycles. The van der Waals surface area contributed by atoms with Crippen molar-refractivity contribution in [3.05, 3.63) is 0 Å². The number of hydrogen-bond acceptors (Lipinski definition) is 3.